The molecule has 0 radical (unpaired) electrons. The fraction of sp³-hybridized carbons (Fsp3) is 0.118. The Morgan fingerprint density at radius 1 is 0.553 bits per heavy atom. The SMILES string of the molecule is COc1ccc(CCN=P(c2ccccc2)(c2ccccc2)c2ccccc2)cc1OCc1ccccc1. The highest BCUT2D eigenvalue weighted by atomic mass is 31.2. The maximum atomic E-state index is 6.16. The third kappa shape index (κ3) is 5.74. The average Bonchev–Trinajstić information content (AvgIpc) is 3.00. The van der Waals surface area contributed by atoms with Gasteiger partial charge in [0, 0.05) is 22.5 Å². The molecule has 190 valence electrons. The number of benzene rings is 5. The van der Waals surface area contributed by atoms with Crippen molar-refractivity contribution in [2.75, 3.05) is 13.7 Å². The lowest BCUT2D eigenvalue weighted by molar-refractivity contribution is 0.284. The van der Waals surface area contributed by atoms with E-state index in [1.807, 2.05) is 24.3 Å². The molecule has 38 heavy (non-hydrogen) atoms. The minimum absolute atomic E-state index is 0.496. The summed E-state index contributed by atoms with van der Waals surface area (Å²) in [5, 5.41) is 3.79. The highest BCUT2D eigenvalue weighted by molar-refractivity contribution is 7.87. The molecular weight excluding hydrogens is 485 g/mol. The normalized spacial score (nSPS) is 11.1. The lowest BCUT2D eigenvalue weighted by Crippen LogP contribution is -2.25. The number of rotatable bonds is 10. The molecular formula is C34H32NO2P. The van der Waals surface area contributed by atoms with Crippen molar-refractivity contribution in [1.29, 1.82) is 0 Å². The van der Waals surface area contributed by atoms with E-state index in [1.165, 1.54) is 21.5 Å². The zero-order valence-corrected chi connectivity index (χ0v) is 22.5. The second-order valence-corrected chi connectivity index (χ2v) is 12.1. The van der Waals surface area contributed by atoms with Gasteiger partial charge in [-0.3, -0.25) is 4.74 Å². The van der Waals surface area contributed by atoms with Crippen LogP contribution in [-0.2, 0) is 13.0 Å². The summed E-state index contributed by atoms with van der Waals surface area (Å²) in [6.07, 6.45) is 0.805. The molecule has 0 atom stereocenters. The Morgan fingerprint density at radius 2 is 1.05 bits per heavy atom. The molecule has 0 aliphatic heterocycles. The van der Waals surface area contributed by atoms with Crippen LogP contribution in [0, 0.1) is 0 Å². The molecule has 0 unspecified atom stereocenters. The smallest absolute Gasteiger partial charge is 0.161 e. The van der Waals surface area contributed by atoms with E-state index in [1.54, 1.807) is 7.11 Å². The molecule has 0 fully saturated rings. The van der Waals surface area contributed by atoms with E-state index in [0.717, 1.165) is 23.5 Å². The largest absolute Gasteiger partial charge is 0.493 e. The van der Waals surface area contributed by atoms with Gasteiger partial charge in [0.25, 0.3) is 0 Å². The van der Waals surface area contributed by atoms with Crippen molar-refractivity contribution < 1.29 is 9.47 Å². The van der Waals surface area contributed by atoms with Crippen molar-refractivity contribution in [3.63, 3.8) is 0 Å². The molecule has 0 saturated heterocycles. The van der Waals surface area contributed by atoms with Crippen molar-refractivity contribution in [3.8, 4) is 11.5 Å². The first-order valence-electron chi connectivity index (χ1n) is 12.9. The van der Waals surface area contributed by atoms with Gasteiger partial charge >= 0.3 is 0 Å². The fourth-order valence-corrected chi connectivity index (χ4v) is 8.27. The van der Waals surface area contributed by atoms with Crippen LogP contribution in [-0.4, -0.2) is 13.7 Å². The van der Waals surface area contributed by atoms with Gasteiger partial charge < -0.3 is 9.47 Å². The van der Waals surface area contributed by atoms with Crippen LogP contribution >= 0.6 is 7.05 Å². The lowest BCUT2D eigenvalue weighted by atomic mass is 10.1. The number of ether oxygens (including phenoxy) is 2. The summed E-state index contributed by atoms with van der Waals surface area (Å²) in [7, 11) is -0.522. The van der Waals surface area contributed by atoms with Crippen LogP contribution in [0.1, 0.15) is 11.1 Å². The summed E-state index contributed by atoms with van der Waals surface area (Å²) in [6.45, 7) is 1.19. The number of nitrogens with zero attached hydrogens (tertiary/aromatic N) is 1. The van der Waals surface area contributed by atoms with Crippen molar-refractivity contribution in [2.45, 2.75) is 13.0 Å². The van der Waals surface area contributed by atoms with Gasteiger partial charge in [-0.15, -0.1) is 0 Å². The van der Waals surface area contributed by atoms with Gasteiger partial charge in [-0.2, -0.15) is 0 Å². The number of methoxy groups -OCH3 is 1. The van der Waals surface area contributed by atoms with Gasteiger partial charge in [0.15, 0.2) is 11.5 Å². The number of hydrogen-bond donors (Lipinski definition) is 0. The van der Waals surface area contributed by atoms with Crippen LogP contribution in [0.15, 0.2) is 144 Å². The molecule has 5 aromatic rings. The molecule has 0 aliphatic rings. The zero-order chi connectivity index (χ0) is 26.0. The fourth-order valence-electron chi connectivity index (χ4n) is 4.68. The van der Waals surface area contributed by atoms with Crippen LogP contribution in [0.25, 0.3) is 0 Å². The first-order chi connectivity index (χ1) is 18.8. The van der Waals surface area contributed by atoms with Crippen LogP contribution in [0.5, 0.6) is 11.5 Å². The van der Waals surface area contributed by atoms with Crippen molar-refractivity contribution in [3.05, 3.63) is 151 Å². The second-order valence-electron chi connectivity index (χ2n) is 9.02. The van der Waals surface area contributed by atoms with Crippen LogP contribution in [0.4, 0.5) is 0 Å². The van der Waals surface area contributed by atoms with Gasteiger partial charge in [-0.1, -0.05) is 127 Å². The van der Waals surface area contributed by atoms with E-state index in [9.17, 15) is 0 Å². The maximum Gasteiger partial charge on any atom is 0.161 e. The van der Waals surface area contributed by atoms with Crippen molar-refractivity contribution in [1.82, 2.24) is 0 Å². The third-order valence-electron chi connectivity index (χ3n) is 6.57. The Bertz CT molecular complexity index is 1380. The zero-order valence-electron chi connectivity index (χ0n) is 21.6. The van der Waals surface area contributed by atoms with E-state index in [4.69, 9.17) is 14.2 Å². The van der Waals surface area contributed by atoms with Crippen molar-refractivity contribution >= 4 is 23.0 Å². The van der Waals surface area contributed by atoms with Gasteiger partial charge in [0.2, 0.25) is 0 Å². The highest BCUT2D eigenvalue weighted by Gasteiger charge is 2.26. The molecule has 4 heteroatoms. The molecule has 0 aromatic heterocycles. The first kappa shape index (κ1) is 25.6. The standard InChI is InChI=1S/C34H32NO2P/c1-36-33-23-22-28(26-34(33)37-27-29-14-6-2-7-15-29)24-25-35-38(30-16-8-3-9-17-30,31-18-10-4-11-19-31)32-20-12-5-13-21-32/h2-23,26H,24-25,27H2,1H3. The summed E-state index contributed by atoms with van der Waals surface area (Å²) >= 11 is 0. The topological polar surface area (TPSA) is 30.8 Å². The minimum atomic E-state index is -2.20. The Labute approximate surface area is 225 Å². The first-order valence-corrected chi connectivity index (χ1v) is 14.6. The molecule has 0 amide bonds. The predicted octanol–water partition coefficient (Wildman–Crippen LogP) is 6.99. The van der Waals surface area contributed by atoms with Crippen LogP contribution in [0.3, 0.4) is 0 Å². The quantitative estimate of drug-likeness (QED) is 0.187. The predicted molar refractivity (Wildman–Crippen MR) is 160 cm³/mol. The van der Waals surface area contributed by atoms with Gasteiger partial charge in [-0.25, -0.2) is 0 Å². The van der Waals surface area contributed by atoms with Crippen LogP contribution in [0.2, 0.25) is 0 Å². The van der Waals surface area contributed by atoms with E-state index in [-0.39, 0.29) is 0 Å². The van der Waals surface area contributed by atoms with Gasteiger partial charge in [0.1, 0.15) is 6.61 Å². The molecule has 0 aliphatic carbocycles. The molecule has 0 bridgehead atoms. The van der Waals surface area contributed by atoms with Crippen molar-refractivity contribution in [2.24, 2.45) is 4.74 Å². The third-order valence-corrected chi connectivity index (χ3v) is 10.3. The van der Waals surface area contributed by atoms with E-state index in [0.29, 0.717) is 13.2 Å². The van der Waals surface area contributed by atoms with Crippen LogP contribution < -0.4 is 25.4 Å². The Hall–Kier alpha value is -4.07. The van der Waals surface area contributed by atoms with E-state index >= 15 is 0 Å². The molecule has 0 heterocycles. The summed E-state index contributed by atoms with van der Waals surface area (Å²) in [5.41, 5.74) is 2.29. The average molecular weight is 518 g/mol. The van der Waals surface area contributed by atoms with E-state index in [2.05, 4.69) is 115 Å². The highest BCUT2D eigenvalue weighted by Crippen LogP contribution is 2.46. The van der Waals surface area contributed by atoms with Gasteiger partial charge in [-0.05, 0) is 29.7 Å². The summed E-state index contributed by atoms with van der Waals surface area (Å²) in [5.74, 6) is 1.49. The Morgan fingerprint density at radius 3 is 1.55 bits per heavy atom. The minimum Gasteiger partial charge on any atom is -0.493 e. The maximum absolute atomic E-state index is 6.16. The Kier molecular flexibility index (Phi) is 8.38. The lowest BCUT2D eigenvalue weighted by Gasteiger charge is -2.27. The monoisotopic (exact) mass is 517 g/mol. The number of hydrogen-bond acceptors (Lipinski definition) is 3. The second kappa shape index (κ2) is 12.4. The van der Waals surface area contributed by atoms with E-state index < -0.39 is 7.05 Å². The molecule has 5 rings (SSSR count). The Balaban J connectivity index is 1.49. The molecule has 0 spiro atoms. The molecule has 0 N–H and O–H groups in total. The summed E-state index contributed by atoms with van der Waals surface area (Å²) < 4.78 is 17.3. The van der Waals surface area contributed by atoms with Gasteiger partial charge in [0.05, 0.1) is 14.2 Å². The molecule has 0 saturated carbocycles. The molecule has 5 aromatic carbocycles. The summed E-state index contributed by atoms with van der Waals surface area (Å²) in [6, 6.07) is 48.6. The summed E-state index contributed by atoms with van der Waals surface area (Å²) in [4.78, 5) is 0. The molecule has 3 nitrogen and oxygen atoms in total.